The van der Waals surface area contributed by atoms with Crippen molar-refractivity contribution in [3.8, 4) is 11.5 Å². The second-order valence-electron chi connectivity index (χ2n) is 6.65. The maximum absolute atomic E-state index is 13.2. The summed E-state index contributed by atoms with van der Waals surface area (Å²) in [6, 6.07) is -0.161. The number of carbonyl (C=O) groups is 1. The lowest BCUT2D eigenvalue weighted by molar-refractivity contribution is -0.158. The van der Waals surface area contributed by atoms with Crippen LogP contribution in [-0.4, -0.2) is 37.7 Å². The summed E-state index contributed by atoms with van der Waals surface area (Å²) in [5.41, 5.74) is 1.21. The predicted octanol–water partition coefficient (Wildman–Crippen LogP) is 3.07. The quantitative estimate of drug-likeness (QED) is 0.753. The van der Waals surface area contributed by atoms with Gasteiger partial charge in [0.05, 0.1) is 12.4 Å². The highest BCUT2D eigenvalue weighted by molar-refractivity contribution is 6.00. The van der Waals surface area contributed by atoms with E-state index in [0.29, 0.717) is 35.9 Å². The van der Waals surface area contributed by atoms with Crippen LogP contribution >= 0.6 is 0 Å². The maximum atomic E-state index is 13.2. The number of aromatic nitrogens is 4. The van der Waals surface area contributed by atoms with Gasteiger partial charge in [0.15, 0.2) is 17.3 Å². The van der Waals surface area contributed by atoms with E-state index in [1.807, 2.05) is 0 Å². The maximum Gasteiger partial charge on any atom is 0.408 e. The number of rotatable bonds is 4. The van der Waals surface area contributed by atoms with E-state index in [2.05, 4.69) is 20.4 Å². The first-order valence-corrected chi connectivity index (χ1v) is 8.40. The molecule has 1 saturated carbocycles. The summed E-state index contributed by atoms with van der Waals surface area (Å²) >= 11 is 0. The zero-order valence-corrected chi connectivity index (χ0v) is 14.5. The number of carbonyl (C=O) groups excluding carboxylic acids is 1. The molecule has 7 nitrogen and oxygen atoms in total. The standard InChI is InChI=1S/C17H16F3N5O2/c1-8-5-12(13-7-21-9(2)27-13)23-15-11(6-22-25(8)15)16(26)24-14(10-3-4-10)17(18,19)20/h5-7,10,14H,3-4H2,1-2H3,(H,24,26). The van der Waals surface area contributed by atoms with Gasteiger partial charge < -0.3 is 9.73 Å². The molecule has 1 atom stereocenters. The second-order valence-corrected chi connectivity index (χ2v) is 6.65. The first-order valence-electron chi connectivity index (χ1n) is 8.40. The number of oxazole rings is 1. The van der Waals surface area contributed by atoms with Crippen molar-refractivity contribution in [2.45, 2.75) is 38.9 Å². The third kappa shape index (κ3) is 3.26. The first-order chi connectivity index (χ1) is 12.7. The lowest BCUT2D eigenvalue weighted by Gasteiger charge is -2.20. The average molecular weight is 379 g/mol. The van der Waals surface area contributed by atoms with Gasteiger partial charge in [0, 0.05) is 12.6 Å². The Hall–Kier alpha value is -2.91. The van der Waals surface area contributed by atoms with Crippen LogP contribution in [0.15, 0.2) is 22.9 Å². The number of hydrogen-bond donors (Lipinski definition) is 1. The fourth-order valence-corrected chi connectivity index (χ4v) is 2.99. The average Bonchev–Trinajstić information content (AvgIpc) is 3.17. The van der Waals surface area contributed by atoms with E-state index >= 15 is 0 Å². The smallest absolute Gasteiger partial charge is 0.408 e. The van der Waals surface area contributed by atoms with Crippen molar-refractivity contribution in [3.05, 3.63) is 35.6 Å². The normalized spacial score (nSPS) is 15.9. The summed E-state index contributed by atoms with van der Waals surface area (Å²) in [5, 5.41) is 6.18. The number of fused-ring (bicyclic) bond motifs is 1. The molecule has 0 spiro atoms. The van der Waals surface area contributed by atoms with Crippen molar-refractivity contribution in [2.75, 3.05) is 0 Å². The van der Waals surface area contributed by atoms with Gasteiger partial charge in [0.2, 0.25) is 0 Å². The van der Waals surface area contributed by atoms with E-state index in [0.717, 1.165) is 0 Å². The van der Waals surface area contributed by atoms with E-state index in [4.69, 9.17) is 4.42 Å². The first kappa shape index (κ1) is 17.5. The number of halogens is 3. The minimum absolute atomic E-state index is 0.0221. The molecule has 1 unspecified atom stereocenters. The highest BCUT2D eigenvalue weighted by Gasteiger charge is 2.49. The fourth-order valence-electron chi connectivity index (χ4n) is 2.99. The molecule has 1 fully saturated rings. The van der Waals surface area contributed by atoms with E-state index in [1.165, 1.54) is 16.9 Å². The van der Waals surface area contributed by atoms with Crippen molar-refractivity contribution in [2.24, 2.45) is 5.92 Å². The minimum Gasteiger partial charge on any atom is -0.439 e. The number of nitrogens with zero attached hydrogens (tertiary/aromatic N) is 4. The van der Waals surface area contributed by atoms with Gasteiger partial charge in [-0.05, 0) is 31.7 Å². The molecule has 0 saturated heterocycles. The molecule has 27 heavy (non-hydrogen) atoms. The zero-order valence-electron chi connectivity index (χ0n) is 14.5. The molecule has 10 heteroatoms. The number of nitrogens with one attached hydrogen (secondary N) is 1. The second kappa shape index (κ2) is 6.07. The van der Waals surface area contributed by atoms with Crippen molar-refractivity contribution in [1.29, 1.82) is 0 Å². The molecule has 3 aromatic rings. The van der Waals surface area contributed by atoms with Crippen LogP contribution < -0.4 is 5.32 Å². The summed E-state index contributed by atoms with van der Waals surface area (Å²) in [4.78, 5) is 20.9. The van der Waals surface area contributed by atoms with Crippen LogP contribution in [0.1, 0.15) is 34.8 Å². The summed E-state index contributed by atoms with van der Waals surface area (Å²) < 4.78 is 46.5. The van der Waals surface area contributed by atoms with E-state index in [9.17, 15) is 18.0 Å². The molecule has 0 aliphatic heterocycles. The molecule has 142 valence electrons. The lowest BCUT2D eigenvalue weighted by atomic mass is 10.1. The Morgan fingerprint density at radius 3 is 2.67 bits per heavy atom. The molecule has 1 amide bonds. The van der Waals surface area contributed by atoms with Gasteiger partial charge in [-0.2, -0.15) is 18.3 Å². The molecule has 0 radical (unpaired) electrons. The molecule has 0 aromatic carbocycles. The molecule has 3 heterocycles. The van der Waals surface area contributed by atoms with Gasteiger partial charge in [0.25, 0.3) is 5.91 Å². The number of alkyl halides is 3. The molecular weight excluding hydrogens is 363 g/mol. The van der Waals surface area contributed by atoms with Crippen LogP contribution in [-0.2, 0) is 0 Å². The lowest BCUT2D eigenvalue weighted by Crippen LogP contribution is -2.46. The summed E-state index contributed by atoms with van der Waals surface area (Å²) in [6.07, 6.45) is -0.875. The van der Waals surface area contributed by atoms with Crippen LogP contribution in [0, 0.1) is 19.8 Å². The SMILES string of the molecule is Cc1ncc(-c2cc(C)n3ncc(C(=O)NC(C4CC4)C(F)(F)F)c3n2)o1. The topological polar surface area (TPSA) is 85.3 Å². The van der Waals surface area contributed by atoms with Crippen molar-refractivity contribution in [3.63, 3.8) is 0 Å². The van der Waals surface area contributed by atoms with Gasteiger partial charge in [-0.15, -0.1) is 0 Å². The van der Waals surface area contributed by atoms with Crippen LogP contribution in [0.2, 0.25) is 0 Å². The third-order valence-corrected chi connectivity index (χ3v) is 4.50. The van der Waals surface area contributed by atoms with Crippen LogP contribution in [0.4, 0.5) is 13.2 Å². The molecule has 1 N–H and O–H groups in total. The van der Waals surface area contributed by atoms with Gasteiger partial charge in [-0.25, -0.2) is 14.5 Å². The molecule has 0 bridgehead atoms. The van der Waals surface area contributed by atoms with Gasteiger partial charge in [-0.3, -0.25) is 4.79 Å². The van der Waals surface area contributed by atoms with Crippen LogP contribution in [0.5, 0.6) is 0 Å². The van der Waals surface area contributed by atoms with Crippen molar-refractivity contribution < 1.29 is 22.4 Å². The van der Waals surface area contributed by atoms with E-state index in [-0.39, 0.29) is 11.2 Å². The Morgan fingerprint density at radius 2 is 2.07 bits per heavy atom. The molecule has 3 aromatic heterocycles. The Kier molecular flexibility index (Phi) is 3.93. The zero-order chi connectivity index (χ0) is 19.3. The van der Waals surface area contributed by atoms with Gasteiger partial charge in [0.1, 0.15) is 17.3 Å². The third-order valence-electron chi connectivity index (χ3n) is 4.50. The summed E-state index contributed by atoms with van der Waals surface area (Å²) in [7, 11) is 0. The number of hydrogen-bond acceptors (Lipinski definition) is 5. The largest absolute Gasteiger partial charge is 0.439 e. The molecule has 1 aliphatic carbocycles. The fraction of sp³-hybridized carbons (Fsp3) is 0.412. The minimum atomic E-state index is -4.49. The number of amides is 1. The van der Waals surface area contributed by atoms with E-state index < -0.39 is 24.0 Å². The Bertz CT molecular complexity index is 1020. The van der Waals surface area contributed by atoms with Crippen LogP contribution in [0.25, 0.3) is 17.1 Å². The number of aryl methyl sites for hydroxylation is 2. The summed E-state index contributed by atoms with van der Waals surface area (Å²) in [6.45, 7) is 3.43. The van der Waals surface area contributed by atoms with Gasteiger partial charge in [-0.1, -0.05) is 0 Å². The van der Waals surface area contributed by atoms with Crippen molar-refractivity contribution in [1.82, 2.24) is 24.9 Å². The van der Waals surface area contributed by atoms with Crippen molar-refractivity contribution >= 4 is 11.6 Å². The van der Waals surface area contributed by atoms with Crippen LogP contribution in [0.3, 0.4) is 0 Å². The van der Waals surface area contributed by atoms with Gasteiger partial charge >= 0.3 is 6.18 Å². The predicted molar refractivity (Wildman–Crippen MR) is 88.0 cm³/mol. The molecule has 1 aliphatic rings. The van der Waals surface area contributed by atoms with E-state index in [1.54, 1.807) is 19.9 Å². The Morgan fingerprint density at radius 1 is 1.33 bits per heavy atom. The highest BCUT2D eigenvalue weighted by Crippen LogP contribution is 2.40. The molecule has 4 rings (SSSR count). The summed E-state index contributed by atoms with van der Waals surface area (Å²) in [5.74, 6) is -0.569. The molecular formula is C17H16F3N5O2. The Balaban J connectivity index is 1.71. The Labute approximate surface area is 151 Å². The highest BCUT2D eigenvalue weighted by atomic mass is 19.4. The monoisotopic (exact) mass is 379 g/mol.